The summed E-state index contributed by atoms with van der Waals surface area (Å²) in [5.74, 6) is 0.121. The molecule has 9 nitrogen and oxygen atoms in total. The number of H-pyrrole nitrogens is 1. The third-order valence-corrected chi connectivity index (χ3v) is 8.82. The molecular formula is C36H41N5O4. The number of likely N-dealkylation sites (tertiary alicyclic amines) is 1. The number of carboxylic acid groups (broad SMARTS) is 1. The number of fused-ring (bicyclic) bond motifs is 2. The first-order valence-corrected chi connectivity index (χ1v) is 16.0. The highest BCUT2D eigenvalue weighted by Gasteiger charge is 2.24. The highest BCUT2D eigenvalue weighted by Crippen LogP contribution is 2.36. The van der Waals surface area contributed by atoms with Crippen molar-refractivity contribution in [3.8, 4) is 16.9 Å². The number of carbonyl (C=O) groups is 2. The molecule has 1 aliphatic heterocycles. The predicted octanol–water partition coefficient (Wildman–Crippen LogP) is 6.10. The lowest BCUT2D eigenvalue weighted by Crippen LogP contribution is -2.28. The van der Waals surface area contributed by atoms with Gasteiger partial charge >= 0.3 is 5.97 Å². The van der Waals surface area contributed by atoms with Crippen LogP contribution in [0.2, 0.25) is 0 Å². The average molecular weight is 608 g/mol. The van der Waals surface area contributed by atoms with Crippen molar-refractivity contribution in [1.29, 1.82) is 0 Å². The van der Waals surface area contributed by atoms with Gasteiger partial charge in [-0.3, -0.25) is 9.48 Å². The van der Waals surface area contributed by atoms with Crippen molar-refractivity contribution >= 4 is 33.6 Å². The van der Waals surface area contributed by atoms with E-state index in [0.717, 1.165) is 94.4 Å². The molecule has 3 N–H and O–H groups in total. The summed E-state index contributed by atoms with van der Waals surface area (Å²) in [4.78, 5) is 29.6. The number of benzene rings is 3. The zero-order valence-corrected chi connectivity index (χ0v) is 26.1. The number of hydrogen-bond donors (Lipinski definition) is 3. The van der Waals surface area contributed by atoms with Crippen LogP contribution in [0.1, 0.15) is 60.0 Å². The summed E-state index contributed by atoms with van der Waals surface area (Å²) >= 11 is 0. The largest absolute Gasteiger partial charge is 0.493 e. The zero-order chi connectivity index (χ0) is 31.3. The minimum atomic E-state index is -0.970. The Labute approximate surface area is 263 Å². The van der Waals surface area contributed by atoms with Crippen LogP contribution in [0.5, 0.6) is 5.75 Å². The van der Waals surface area contributed by atoms with E-state index in [2.05, 4.69) is 41.5 Å². The molecule has 5 aromatic rings. The van der Waals surface area contributed by atoms with Crippen molar-refractivity contribution in [1.82, 2.24) is 25.0 Å². The lowest BCUT2D eigenvalue weighted by molar-refractivity contribution is -0.127. The number of carbonyl (C=O) groups excluding carboxylic acids is 1. The van der Waals surface area contributed by atoms with Crippen molar-refractivity contribution in [2.24, 2.45) is 7.05 Å². The lowest BCUT2D eigenvalue weighted by atomic mass is 9.97. The number of aromatic nitrogens is 3. The van der Waals surface area contributed by atoms with Crippen LogP contribution in [0.3, 0.4) is 0 Å². The number of nitrogens with one attached hydrogen (secondary N) is 2. The van der Waals surface area contributed by atoms with Crippen molar-refractivity contribution in [3.05, 3.63) is 83.3 Å². The molecule has 0 spiro atoms. The lowest BCUT2D eigenvalue weighted by Gasteiger charge is -2.15. The monoisotopic (exact) mass is 607 g/mol. The van der Waals surface area contributed by atoms with Gasteiger partial charge in [0, 0.05) is 60.7 Å². The van der Waals surface area contributed by atoms with E-state index in [-0.39, 0.29) is 11.6 Å². The summed E-state index contributed by atoms with van der Waals surface area (Å²) in [6.45, 7) is 5.59. The molecule has 1 saturated heterocycles. The van der Waals surface area contributed by atoms with Crippen LogP contribution in [-0.4, -0.2) is 62.9 Å². The Hall–Kier alpha value is -4.63. The van der Waals surface area contributed by atoms with Crippen LogP contribution in [0.25, 0.3) is 32.8 Å². The van der Waals surface area contributed by atoms with Crippen LogP contribution in [0.4, 0.5) is 0 Å². The van der Waals surface area contributed by atoms with Crippen LogP contribution in [0.15, 0.2) is 60.7 Å². The van der Waals surface area contributed by atoms with Gasteiger partial charge in [-0.05, 0) is 55.7 Å². The van der Waals surface area contributed by atoms with Crippen molar-refractivity contribution in [3.63, 3.8) is 0 Å². The first-order chi connectivity index (χ1) is 22.0. The fourth-order valence-corrected chi connectivity index (χ4v) is 6.68. The third-order valence-electron chi connectivity index (χ3n) is 8.82. The molecule has 234 valence electrons. The summed E-state index contributed by atoms with van der Waals surface area (Å²) in [5.41, 5.74) is 5.85. The second kappa shape index (κ2) is 13.6. The number of aryl methyl sites for hydroxylation is 2. The smallest absolute Gasteiger partial charge is 0.352 e. The number of aromatic carboxylic acids is 1. The maximum atomic E-state index is 12.4. The summed E-state index contributed by atoms with van der Waals surface area (Å²) in [5, 5.41) is 21.7. The Morgan fingerprint density at radius 3 is 2.67 bits per heavy atom. The molecule has 6 rings (SSSR count). The number of ether oxygens (including phenoxy) is 1. The van der Waals surface area contributed by atoms with E-state index in [1.807, 2.05) is 53.0 Å². The number of rotatable bonds is 14. The zero-order valence-electron chi connectivity index (χ0n) is 26.1. The van der Waals surface area contributed by atoms with Crippen LogP contribution < -0.4 is 10.1 Å². The molecule has 1 amide bonds. The average Bonchev–Trinajstić information content (AvgIpc) is 3.73. The molecule has 0 bridgehead atoms. The third kappa shape index (κ3) is 6.31. The Morgan fingerprint density at radius 1 is 1.07 bits per heavy atom. The molecule has 0 aliphatic carbocycles. The van der Waals surface area contributed by atoms with Crippen LogP contribution in [-0.2, 0) is 31.2 Å². The number of para-hydroxylation sites is 1. The topological polar surface area (TPSA) is 112 Å². The summed E-state index contributed by atoms with van der Waals surface area (Å²) in [7, 11) is 1.96. The van der Waals surface area contributed by atoms with Gasteiger partial charge in [0.15, 0.2) is 0 Å². The maximum Gasteiger partial charge on any atom is 0.352 e. The molecule has 3 heterocycles. The highest BCUT2D eigenvalue weighted by atomic mass is 16.5. The van der Waals surface area contributed by atoms with Crippen molar-refractivity contribution < 1.29 is 19.4 Å². The number of hydrogen-bond acceptors (Lipinski definition) is 5. The van der Waals surface area contributed by atoms with Gasteiger partial charge in [0.05, 0.1) is 17.8 Å². The quantitative estimate of drug-likeness (QED) is 0.132. The van der Waals surface area contributed by atoms with E-state index in [4.69, 9.17) is 9.84 Å². The Kier molecular flexibility index (Phi) is 9.16. The van der Waals surface area contributed by atoms with Crippen molar-refractivity contribution in [2.45, 2.75) is 52.0 Å². The van der Waals surface area contributed by atoms with Gasteiger partial charge in [0.2, 0.25) is 5.91 Å². The van der Waals surface area contributed by atoms with Gasteiger partial charge in [-0.25, -0.2) is 4.79 Å². The first-order valence-electron chi connectivity index (χ1n) is 16.0. The van der Waals surface area contributed by atoms with E-state index in [1.165, 1.54) is 0 Å². The molecule has 0 unspecified atom stereocenters. The van der Waals surface area contributed by atoms with Gasteiger partial charge in [-0.1, -0.05) is 61.5 Å². The number of aromatic amines is 1. The molecule has 0 saturated carbocycles. The number of amides is 1. The molecule has 0 atom stereocenters. The Bertz CT molecular complexity index is 1830. The SMILES string of the molecule is CCc1c(-c2cccc3c(CCCOc4cccc5ccccc45)c(C(=O)O)[nH]c23)c(CNCCCN2CCCC2=O)nn1C. The number of carboxylic acids is 1. The molecule has 3 aromatic carbocycles. The normalized spacial score (nSPS) is 13.4. The summed E-state index contributed by atoms with van der Waals surface area (Å²) in [6, 6.07) is 20.2. The molecule has 9 heteroatoms. The van der Waals surface area contributed by atoms with Gasteiger partial charge in [-0.15, -0.1) is 0 Å². The second-order valence-corrected chi connectivity index (χ2v) is 11.7. The molecule has 1 fully saturated rings. The van der Waals surface area contributed by atoms with Gasteiger partial charge in [-0.2, -0.15) is 5.10 Å². The Balaban J connectivity index is 1.21. The van der Waals surface area contributed by atoms with E-state index in [1.54, 1.807) is 0 Å². The molecule has 1 aliphatic rings. The first kappa shape index (κ1) is 30.4. The molecule has 2 aromatic heterocycles. The molecule has 45 heavy (non-hydrogen) atoms. The van der Waals surface area contributed by atoms with E-state index in [9.17, 15) is 14.7 Å². The standard InChI is InChI=1S/C36H41N5O4/c1-3-30-33(29(39-40(30)2)23-37-19-10-21-41-20-8-18-32(41)42)28-15-7-14-26-27(35(36(43)44)38-34(26)28)16-9-22-45-31-17-6-12-24-11-4-5-13-25(24)31/h4-7,11-15,17,37-38H,3,8-10,16,18-23H2,1-2H3,(H,43,44). The maximum absolute atomic E-state index is 12.4. The van der Waals surface area contributed by atoms with Gasteiger partial charge in [0.25, 0.3) is 0 Å². The fraction of sp³-hybridized carbons (Fsp3) is 0.361. The van der Waals surface area contributed by atoms with Gasteiger partial charge < -0.3 is 25.0 Å². The summed E-state index contributed by atoms with van der Waals surface area (Å²) in [6.07, 6.45) is 4.54. The minimum Gasteiger partial charge on any atom is -0.493 e. The second-order valence-electron chi connectivity index (χ2n) is 11.7. The minimum absolute atomic E-state index is 0.223. The van der Waals surface area contributed by atoms with E-state index < -0.39 is 5.97 Å². The van der Waals surface area contributed by atoms with Gasteiger partial charge in [0.1, 0.15) is 11.4 Å². The molecule has 0 radical (unpaired) electrons. The molecular weight excluding hydrogens is 566 g/mol. The van der Waals surface area contributed by atoms with E-state index >= 15 is 0 Å². The summed E-state index contributed by atoms with van der Waals surface area (Å²) < 4.78 is 8.10. The van der Waals surface area contributed by atoms with Crippen LogP contribution >= 0.6 is 0 Å². The fourth-order valence-electron chi connectivity index (χ4n) is 6.68. The Morgan fingerprint density at radius 2 is 1.87 bits per heavy atom. The van der Waals surface area contributed by atoms with Crippen LogP contribution in [0, 0.1) is 0 Å². The number of nitrogens with zero attached hydrogens (tertiary/aromatic N) is 3. The predicted molar refractivity (Wildman–Crippen MR) is 177 cm³/mol. The van der Waals surface area contributed by atoms with E-state index in [0.29, 0.717) is 32.4 Å². The highest BCUT2D eigenvalue weighted by molar-refractivity contribution is 6.03. The van der Waals surface area contributed by atoms with Crippen molar-refractivity contribution in [2.75, 3.05) is 26.2 Å².